The largest absolute Gasteiger partial charge is 0.259 e. The van der Waals surface area contributed by atoms with Crippen LogP contribution in [0.3, 0.4) is 0 Å². The summed E-state index contributed by atoms with van der Waals surface area (Å²) >= 11 is 0. The maximum Gasteiger partial charge on any atom is 0.0431 e. The van der Waals surface area contributed by atoms with Gasteiger partial charge in [0.15, 0.2) is 0 Å². The molecule has 2 atom stereocenters. The summed E-state index contributed by atoms with van der Waals surface area (Å²) in [5.74, 6) is 0. The minimum absolute atomic E-state index is 0.0446. The first-order valence-electron chi connectivity index (χ1n) is 4.88. The molecule has 0 N–H and O–H groups in total. The molecule has 0 aromatic heterocycles. The van der Waals surface area contributed by atoms with Crippen LogP contribution in [0.5, 0.6) is 0 Å². The first kappa shape index (κ1) is 12.2. The van der Waals surface area contributed by atoms with Crippen LogP contribution >= 0.6 is 0 Å². The second kappa shape index (κ2) is 5.00. The lowest BCUT2D eigenvalue weighted by Gasteiger charge is -2.28. The summed E-state index contributed by atoms with van der Waals surface area (Å²) in [5.41, 5.74) is 0. The second-order valence-electron chi connectivity index (χ2n) is 3.90. The Hall–Kier alpha value is 0.150. The van der Waals surface area contributed by atoms with Gasteiger partial charge in [-0.25, -0.2) is 0 Å². The lowest BCUT2D eigenvalue weighted by atomic mass is 10.0. The van der Waals surface area contributed by atoms with Gasteiger partial charge in [-0.05, 0) is 19.8 Å². The van der Waals surface area contributed by atoms with Crippen LogP contribution in [0, 0.1) is 0 Å². The summed E-state index contributed by atoms with van der Waals surface area (Å²) in [5, 5.41) is 0.293. The van der Waals surface area contributed by atoms with Gasteiger partial charge in [-0.1, -0.05) is 34.1 Å². The van der Waals surface area contributed by atoms with Crippen molar-refractivity contribution in [3.63, 3.8) is 0 Å². The molecule has 0 aromatic rings. The van der Waals surface area contributed by atoms with E-state index in [1.807, 2.05) is 13.8 Å². The van der Waals surface area contributed by atoms with Gasteiger partial charge in [0.2, 0.25) is 0 Å². The highest BCUT2D eigenvalue weighted by Crippen LogP contribution is 2.26. The molecule has 0 amide bonds. The highest BCUT2D eigenvalue weighted by Gasteiger charge is 2.30. The molecule has 2 unspecified atom stereocenters. The van der Waals surface area contributed by atoms with Crippen molar-refractivity contribution in [3.05, 3.63) is 0 Å². The van der Waals surface area contributed by atoms with Crippen molar-refractivity contribution in [1.29, 1.82) is 0 Å². The zero-order valence-electron chi connectivity index (χ0n) is 9.02. The highest BCUT2D eigenvalue weighted by atomic mass is 32.2. The Balaban J connectivity index is 4.40. The minimum atomic E-state index is -0.675. The Morgan fingerprint density at radius 3 is 2.08 bits per heavy atom. The Morgan fingerprint density at radius 2 is 1.83 bits per heavy atom. The van der Waals surface area contributed by atoms with Gasteiger partial charge in [0.1, 0.15) is 0 Å². The van der Waals surface area contributed by atoms with Gasteiger partial charge in [0.05, 0.1) is 0 Å². The van der Waals surface area contributed by atoms with E-state index >= 15 is 0 Å². The van der Waals surface area contributed by atoms with Crippen LogP contribution in [0.2, 0.25) is 0 Å². The molecular formula is C10H22OS. The van der Waals surface area contributed by atoms with E-state index in [9.17, 15) is 4.21 Å². The number of rotatable bonds is 5. The lowest BCUT2D eigenvalue weighted by Crippen LogP contribution is -2.34. The van der Waals surface area contributed by atoms with E-state index in [1.54, 1.807) is 0 Å². The van der Waals surface area contributed by atoms with Crippen LogP contribution in [-0.4, -0.2) is 14.2 Å². The molecule has 0 aliphatic heterocycles. The summed E-state index contributed by atoms with van der Waals surface area (Å²) in [7, 11) is -0.675. The van der Waals surface area contributed by atoms with Gasteiger partial charge in [-0.2, -0.15) is 0 Å². The molecule has 0 rings (SSSR count). The zero-order valence-corrected chi connectivity index (χ0v) is 9.83. The summed E-state index contributed by atoms with van der Waals surface area (Å²) in [4.78, 5) is 0. The highest BCUT2D eigenvalue weighted by molar-refractivity contribution is 7.87. The first-order valence-corrected chi connectivity index (χ1v) is 6.10. The fourth-order valence-electron chi connectivity index (χ4n) is 1.52. The predicted molar refractivity (Wildman–Crippen MR) is 56.9 cm³/mol. The Bertz CT molecular complexity index is 154. The molecule has 0 saturated carbocycles. The number of hydrogen-bond donors (Lipinski definition) is 0. The molecule has 0 aliphatic carbocycles. The van der Waals surface area contributed by atoms with Crippen LogP contribution in [0.4, 0.5) is 0 Å². The summed E-state index contributed by atoms with van der Waals surface area (Å²) < 4.78 is 11.9. The monoisotopic (exact) mass is 190 g/mol. The Morgan fingerprint density at radius 1 is 1.33 bits per heavy atom. The van der Waals surface area contributed by atoms with Crippen molar-refractivity contribution in [2.24, 2.45) is 0 Å². The maximum absolute atomic E-state index is 11.9. The normalized spacial score (nSPS) is 19.2. The Kier molecular flexibility index (Phi) is 5.07. The van der Waals surface area contributed by atoms with E-state index in [4.69, 9.17) is 0 Å². The molecule has 0 aromatic carbocycles. The van der Waals surface area contributed by atoms with E-state index in [2.05, 4.69) is 20.8 Å². The number of hydrogen-bond acceptors (Lipinski definition) is 1. The van der Waals surface area contributed by atoms with Crippen molar-refractivity contribution >= 4 is 10.8 Å². The summed E-state index contributed by atoms with van der Waals surface area (Å²) in [6.07, 6.45) is 3.22. The van der Waals surface area contributed by atoms with Gasteiger partial charge < -0.3 is 0 Å². The molecule has 0 fully saturated rings. The van der Waals surface area contributed by atoms with Crippen molar-refractivity contribution in [2.45, 2.75) is 63.9 Å². The molecule has 0 heterocycles. The van der Waals surface area contributed by atoms with Gasteiger partial charge in [-0.15, -0.1) is 0 Å². The first-order chi connectivity index (χ1) is 5.48. The third-order valence-corrected chi connectivity index (χ3v) is 4.76. The maximum atomic E-state index is 11.9. The van der Waals surface area contributed by atoms with Crippen LogP contribution in [0.15, 0.2) is 0 Å². The quantitative estimate of drug-likeness (QED) is 0.651. The van der Waals surface area contributed by atoms with E-state index in [1.165, 1.54) is 0 Å². The molecule has 0 spiro atoms. The van der Waals surface area contributed by atoms with Gasteiger partial charge >= 0.3 is 0 Å². The van der Waals surface area contributed by atoms with Gasteiger partial charge in [0.25, 0.3) is 0 Å². The molecular weight excluding hydrogens is 168 g/mol. The molecule has 12 heavy (non-hydrogen) atoms. The van der Waals surface area contributed by atoms with Crippen LogP contribution in [0.25, 0.3) is 0 Å². The third kappa shape index (κ3) is 2.89. The lowest BCUT2D eigenvalue weighted by molar-refractivity contribution is 0.527. The molecule has 0 radical (unpaired) electrons. The van der Waals surface area contributed by atoms with E-state index in [-0.39, 0.29) is 4.75 Å². The van der Waals surface area contributed by atoms with Crippen LogP contribution in [-0.2, 0) is 10.8 Å². The van der Waals surface area contributed by atoms with Crippen molar-refractivity contribution in [2.75, 3.05) is 0 Å². The predicted octanol–water partition coefficient (Wildman–Crippen LogP) is 3.11. The topological polar surface area (TPSA) is 17.1 Å². The fourth-order valence-corrected chi connectivity index (χ4v) is 3.35. The zero-order chi connectivity index (χ0) is 9.78. The third-order valence-electron chi connectivity index (χ3n) is 2.44. The molecule has 0 bridgehead atoms. The van der Waals surface area contributed by atoms with E-state index < -0.39 is 10.8 Å². The van der Waals surface area contributed by atoms with Gasteiger partial charge in [-0.3, -0.25) is 4.21 Å². The van der Waals surface area contributed by atoms with Crippen molar-refractivity contribution < 1.29 is 4.21 Å². The molecule has 74 valence electrons. The molecule has 2 heteroatoms. The summed E-state index contributed by atoms with van der Waals surface area (Å²) in [6.45, 7) is 10.5. The average molecular weight is 190 g/mol. The fraction of sp³-hybridized carbons (Fsp3) is 1.00. The van der Waals surface area contributed by atoms with E-state index in [0.29, 0.717) is 5.25 Å². The Labute approximate surface area is 79.4 Å². The standard InChI is InChI=1S/C10H22OS/c1-6-8-10(5,7-2)12(11)9(3)4/h9H,6-8H2,1-5H3. The second-order valence-corrected chi connectivity index (χ2v) is 6.42. The average Bonchev–Trinajstić information content (AvgIpc) is 2.03. The molecule has 0 saturated heterocycles. The molecule has 1 nitrogen and oxygen atoms in total. The van der Waals surface area contributed by atoms with Gasteiger partial charge in [0, 0.05) is 20.8 Å². The van der Waals surface area contributed by atoms with Crippen LogP contribution in [0.1, 0.15) is 53.9 Å². The van der Waals surface area contributed by atoms with Crippen molar-refractivity contribution in [1.82, 2.24) is 0 Å². The van der Waals surface area contributed by atoms with Crippen LogP contribution < -0.4 is 0 Å². The summed E-state index contributed by atoms with van der Waals surface area (Å²) in [6, 6.07) is 0. The smallest absolute Gasteiger partial charge is 0.0431 e. The van der Waals surface area contributed by atoms with E-state index in [0.717, 1.165) is 19.3 Å². The minimum Gasteiger partial charge on any atom is -0.259 e. The molecule has 0 aliphatic rings. The SMILES string of the molecule is CCCC(C)(CC)S(=O)C(C)C. The van der Waals surface area contributed by atoms with Crippen molar-refractivity contribution in [3.8, 4) is 0 Å².